The first-order chi connectivity index (χ1) is 11.6. The Bertz CT molecular complexity index is 636. The molecule has 4 rings (SSSR count). The summed E-state index contributed by atoms with van der Waals surface area (Å²) in [5, 5.41) is 0. The molecule has 1 aliphatic carbocycles. The number of hydrogen-bond acceptors (Lipinski definition) is 6. The Morgan fingerprint density at radius 2 is 2.12 bits per heavy atom. The average Bonchev–Trinajstić information content (AvgIpc) is 3.13. The minimum Gasteiger partial charge on any atom is -0.488 e. The van der Waals surface area contributed by atoms with E-state index in [2.05, 4.69) is 34.8 Å². The number of anilines is 1. The van der Waals surface area contributed by atoms with Crippen LogP contribution in [0.5, 0.6) is 5.75 Å². The highest BCUT2D eigenvalue weighted by atomic mass is 16.5. The zero-order chi connectivity index (χ0) is 16.6. The number of ether oxygens (including phenoxy) is 2. The molecule has 2 heterocycles. The maximum atomic E-state index is 6.17. The van der Waals surface area contributed by atoms with E-state index in [0.717, 1.165) is 68.3 Å². The molecule has 1 saturated carbocycles. The van der Waals surface area contributed by atoms with Crippen molar-refractivity contribution in [3.05, 3.63) is 35.5 Å². The quantitative estimate of drug-likeness (QED) is 0.709. The second-order valence-corrected chi connectivity index (χ2v) is 7.14. The minimum absolute atomic E-state index is 0.0290. The number of nitrogens with one attached hydrogen (secondary N) is 2. The zero-order valence-electron chi connectivity index (χ0n) is 14.2. The number of morpholine rings is 1. The summed E-state index contributed by atoms with van der Waals surface area (Å²) in [6, 6.07) is 5.98. The van der Waals surface area contributed by atoms with Crippen LogP contribution in [-0.2, 0) is 11.2 Å². The van der Waals surface area contributed by atoms with E-state index in [0.29, 0.717) is 0 Å². The first-order valence-corrected chi connectivity index (χ1v) is 8.73. The number of benzene rings is 1. The summed E-state index contributed by atoms with van der Waals surface area (Å²) < 4.78 is 11.5. The summed E-state index contributed by atoms with van der Waals surface area (Å²) in [5.74, 6) is 0.912. The van der Waals surface area contributed by atoms with Crippen LogP contribution < -0.4 is 21.3 Å². The van der Waals surface area contributed by atoms with E-state index in [-0.39, 0.29) is 11.8 Å². The fourth-order valence-electron chi connectivity index (χ4n) is 3.16. The third kappa shape index (κ3) is 3.50. The van der Waals surface area contributed by atoms with Crippen LogP contribution in [0, 0.1) is 0 Å². The van der Waals surface area contributed by atoms with Gasteiger partial charge in [-0.1, -0.05) is 0 Å². The van der Waals surface area contributed by atoms with E-state index >= 15 is 0 Å². The van der Waals surface area contributed by atoms with Gasteiger partial charge in [0.2, 0.25) is 0 Å². The van der Waals surface area contributed by atoms with E-state index in [1.165, 1.54) is 0 Å². The molecule has 0 amide bonds. The fourth-order valence-corrected chi connectivity index (χ4v) is 3.16. The van der Waals surface area contributed by atoms with E-state index < -0.39 is 0 Å². The van der Waals surface area contributed by atoms with Crippen LogP contribution in [0.1, 0.15) is 25.3 Å². The molecule has 6 heteroatoms. The molecule has 0 radical (unpaired) electrons. The predicted octanol–water partition coefficient (Wildman–Crippen LogP) is 1.39. The van der Waals surface area contributed by atoms with Crippen molar-refractivity contribution in [3.63, 3.8) is 0 Å². The largest absolute Gasteiger partial charge is 0.488 e. The van der Waals surface area contributed by atoms with Crippen LogP contribution >= 0.6 is 0 Å². The average molecular weight is 330 g/mol. The van der Waals surface area contributed by atoms with Gasteiger partial charge in [-0.15, -0.1) is 0 Å². The van der Waals surface area contributed by atoms with Crippen LogP contribution in [0.4, 0.5) is 5.69 Å². The number of nitrogens with zero attached hydrogens (tertiary/aromatic N) is 1. The molecule has 1 unspecified atom stereocenters. The summed E-state index contributed by atoms with van der Waals surface area (Å²) >= 11 is 0. The smallest absolute Gasteiger partial charge is 0.120 e. The Kier molecular flexibility index (Phi) is 4.12. The van der Waals surface area contributed by atoms with E-state index in [4.69, 9.17) is 15.2 Å². The molecule has 3 aliphatic rings. The second-order valence-electron chi connectivity index (χ2n) is 7.14. The Hall–Kier alpha value is -1.76. The van der Waals surface area contributed by atoms with Gasteiger partial charge in [0.25, 0.3) is 0 Å². The van der Waals surface area contributed by atoms with Gasteiger partial charge < -0.3 is 20.6 Å². The zero-order valence-corrected chi connectivity index (χ0v) is 14.2. The van der Waals surface area contributed by atoms with Crippen molar-refractivity contribution in [2.75, 3.05) is 32.0 Å². The standard InChI is InChI=1S/C18H26N4O2/c1-18(4-5-18)24-15-2-3-16(19)13(11-15)10-14-12-17(21-20-14)22-6-8-23-9-7-22/h2-3,11-12,17,20-21H,4-10,19H2,1H3. The molecule has 4 N–H and O–H groups in total. The maximum Gasteiger partial charge on any atom is 0.120 e. The lowest BCUT2D eigenvalue weighted by atomic mass is 10.1. The highest BCUT2D eigenvalue weighted by Gasteiger charge is 2.40. The van der Waals surface area contributed by atoms with Crippen molar-refractivity contribution in [1.29, 1.82) is 0 Å². The molecule has 0 aromatic heterocycles. The van der Waals surface area contributed by atoms with E-state index in [1.54, 1.807) is 0 Å². The third-order valence-electron chi connectivity index (χ3n) is 4.99. The molecule has 0 bridgehead atoms. The minimum atomic E-state index is 0.0290. The van der Waals surface area contributed by atoms with E-state index in [1.807, 2.05) is 12.1 Å². The van der Waals surface area contributed by atoms with Gasteiger partial charge in [0.1, 0.15) is 11.4 Å². The molecule has 24 heavy (non-hydrogen) atoms. The van der Waals surface area contributed by atoms with Crippen LogP contribution in [0.2, 0.25) is 0 Å². The molecule has 0 spiro atoms. The van der Waals surface area contributed by atoms with Crippen molar-refractivity contribution >= 4 is 5.69 Å². The van der Waals surface area contributed by atoms with Crippen molar-refractivity contribution in [3.8, 4) is 5.75 Å². The van der Waals surface area contributed by atoms with Crippen LogP contribution in [-0.4, -0.2) is 43.0 Å². The van der Waals surface area contributed by atoms with Gasteiger partial charge in [-0.25, -0.2) is 5.43 Å². The third-order valence-corrected chi connectivity index (χ3v) is 4.99. The number of nitrogens with two attached hydrogens (primary N) is 1. The van der Waals surface area contributed by atoms with Crippen LogP contribution in [0.3, 0.4) is 0 Å². The van der Waals surface area contributed by atoms with Gasteiger partial charge in [0, 0.05) is 30.9 Å². The first-order valence-electron chi connectivity index (χ1n) is 8.73. The maximum absolute atomic E-state index is 6.17. The molecule has 2 fully saturated rings. The number of hydrazine groups is 1. The SMILES string of the molecule is CC1(Oc2ccc(N)c(CC3=CC(N4CCOCC4)NN3)c2)CC1. The molecule has 1 aromatic carbocycles. The van der Waals surface area contributed by atoms with Gasteiger partial charge >= 0.3 is 0 Å². The second kappa shape index (κ2) is 6.27. The van der Waals surface area contributed by atoms with Gasteiger partial charge in [-0.2, -0.15) is 0 Å². The fraction of sp³-hybridized carbons (Fsp3) is 0.556. The normalized spacial score (nSPS) is 25.9. The summed E-state index contributed by atoms with van der Waals surface area (Å²) in [7, 11) is 0. The molecule has 130 valence electrons. The number of rotatable bonds is 5. The summed E-state index contributed by atoms with van der Waals surface area (Å²) in [5.41, 5.74) is 15.9. The van der Waals surface area contributed by atoms with Crippen LogP contribution in [0.15, 0.2) is 30.0 Å². The van der Waals surface area contributed by atoms with Gasteiger partial charge in [0.05, 0.1) is 19.4 Å². The monoisotopic (exact) mass is 330 g/mol. The summed E-state index contributed by atoms with van der Waals surface area (Å²) in [6.07, 6.45) is 5.48. The molecule has 6 nitrogen and oxygen atoms in total. The highest BCUT2D eigenvalue weighted by molar-refractivity contribution is 5.52. The number of nitrogen functional groups attached to an aromatic ring is 1. The lowest BCUT2D eigenvalue weighted by molar-refractivity contribution is 0.0197. The molecule has 1 atom stereocenters. The lowest BCUT2D eigenvalue weighted by Gasteiger charge is -2.30. The summed E-state index contributed by atoms with van der Waals surface area (Å²) in [6.45, 7) is 5.65. The highest BCUT2D eigenvalue weighted by Crippen LogP contribution is 2.40. The van der Waals surface area contributed by atoms with Gasteiger partial charge in [-0.3, -0.25) is 4.90 Å². The number of hydrogen-bond donors (Lipinski definition) is 3. The lowest BCUT2D eigenvalue weighted by Crippen LogP contribution is -2.50. The van der Waals surface area contributed by atoms with Crippen LogP contribution in [0.25, 0.3) is 0 Å². The van der Waals surface area contributed by atoms with Crippen molar-refractivity contribution in [1.82, 2.24) is 15.8 Å². The van der Waals surface area contributed by atoms with Crippen molar-refractivity contribution in [2.45, 2.75) is 38.0 Å². The van der Waals surface area contributed by atoms with Gasteiger partial charge in [-0.05, 0) is 49.6 Å². The summed E-state index contributed by atoms with van der Waals surface area (Å²) in [4.78, 5) is 2.38. The van der Waals surface area contributed by atoms with E-state index in [9.17, 15) is 0 Å². The van der Waals surface area contributed by atoms with Crippen molar-refractivity contribution in [2.24, 2.45) is 0 Å². The molecule has 1 aromatic rings. The Morgan fingerprint density at radius 1 is 1.33 bits per heavy atom. The number of allylic oxidation sites excluding steroid dienone is 1. The van der Waals surface area contributed by atoms with Crippen molar-refractivity contribution < 1.29 is 9.47 Å². The Balaban J connectivity index is 1.43. The molecular formula is C18H26N4O2. The topological polar surface area (TPSA) is 71.8 Å². The van der Waals surface area contributed by atoms with Gasteiger partial charge in [0.15, 0.2) is 0 Å². The molecular weight excluding hydrogens is 304 g/mol. The molecule has 2 aliphatic heterocycles. The molecule has 1 saturated heterocycles. The Morgan fingerprint density at radius 3 is 2.88 bits per heavy atom. The Labute approximate surface area is 143 Å². The first kappa shape index (κ1) is 15.7. The predicted molar refractivity (Wildman–Crippen MR) is 93.4 cm³/mol.